The van der Waals surface area contributed by atoms with Gasteiger partial charge in [0.25, 0.3) is 5.91 Å². The normalized spacial score (nSPS) is 11.2. The monoisotopic (exact) mass is 489 g/mol. The Morgan fingerprint density at radius 1 is 1.03 bits per heavy atom. The number of para-hydroxylation sites is 1. The third-order valence-electron chi connectivity index (χ3n) is 5.29. The molecule has 0 atom stereocenters. The van der Waals surface area contributed by atoms with Gasteiger partial charge in [-0.15, -0.1) is 10.2 Å². The van der Waals surface area contributed by atoms with Crippen molar-refractivity contribution in [3.8, 4) is 17.1 Å². The lowest BCUT2D eigenvalue weighted by Gasteiger charge is -2.16. The van der Waals surface area contributed by atoms with Crippen LogP contribution in [0.5, 0.6) is 5.75 Å². The Bertz CT molecular complexity index is 1380. The standard InChI is InChI=1S/C24H27N9O3/c1-24(2,35)17-13-19(32-33(17)4)29-18-12-16(20(31-30-18)23(34)25-3)28-15-9-6-8-14(21(15)36-5)22-26-10-7-11-27-22/h6-13,35H,1-5H3,(H,25,34)(H2,28,29,30,32). The minimum Gasteiger partial charge on any atom is -0.494 e. The fourth-order valence-electron chi connectivity index (χ4n) is 3.68. The van der Waals surface area contributed by atoms with Gasteiger partial charge >= 0.3 is 0 Å². The summed E-state index contributed by atoms with van der Waals surface area (Å²) in [6.07, 6.45) is 3.30. The third-order valence-corrected chi connectivity index (χ3v) is 5.29. The first-order valence-electron chi connectivity index (χ1n) is 11.1. The van der Waals surface area contributed by atoms with Crippen LogP contribution < -0.4 is 20.7 Å². The summed E-state index contributed by atoms with van der Waals surface area (Å²) in [4.78, 5) is 21.1. The van der Waals surface area contributed by atoms with E-state index in [2.05, 4.69) is 41.2 Å². The van der Waals surface area contributed by atoms with Crippen molar-refractivity contribution in [3.63, 3.8) is 0 Å². The molecule has 1 aromatic carbocycles. The van der Waals surface area contributed by atoms with Crippen molar-refractivity contribution in [1.82, 2.24) is 35.3 Å². The van der Waals surface area contributed by atoms with Crippen LogP contribution in [0, 0.1) is 0 Å². The van der Waals surface area contributed by atoms with Crippen LogP contribution in [0.1, 0.15) is 30.0 Å². The fourth-order valence-corrected chi connectivity index (χ4v) is 3.68. The van der Waals surface area contributed by atoms with Crippen LogP contribution in [0.15, 0.2) is 48.8 Å². The molecule has 0 bridgehead atoms. The predicted molar refractivity (Wildman–Crippen MR) is 134 cm³/mol. The van der Waals surface area contributed by atoms with E-state index in [4.69, 9.17) is 4.74 Å². The molecule has 3 aromatic heterocycles. The Hall–Kier alpha value is -4.58. The van der Waals surface area contributed by atoms with Gasteiger partial charge in [0.1, 0.15) is 5.60 Å². The molecule has 0 saturated carbocycles. The number of amides is 1. The van der Waals surface area contributed by atoms with Crippen LogP contribution in [0.4, 0.5) is 23.0 Å². The van der Waals surface area contributed by atoms with Gasteiger partial charge < -0.3 is 25.8 Å². The number of nitrogens with one attached hydrogen (secondary N) is 3. The zero-order valence-corrected chi connectivity index (χ0v) is 20.6. The molecule has 0 radical (unpaired) electrons. The predicted octanol–water partition coefficient (Wildman–Crippen LogP) is 2.75. The minimum atomic E-state index is -1.08. The molecule has 4 aromatic rings. The molecule has 36 heavy (non-hydrogen) atoms. The van der Waals surface area contributed by atoms with Gasteiger partial charge in [0, 0.05) is 38.6 Å². The van der Waals surface area contributed by atoms with E-state index in [1.165, 1.54) is 7.05 Å². The van der Waals surface area contributed by atoms with Crippen molar-refractivity contribution in [1.29, 1.82) is 0 Å². The first-order valence-corrected chi connectivity index (χ1v) is 11.1. The summed E-state index contributed by atoms with van der Waals surface area (Å²) in [5.41, 5.74) is 1.27. The second-order valence-corrected chi connectivity index (χ2v) is 8.38. The van der Waals surface area contributed by atoms with Crippen molar-refractivity contribution in [2.45, 2.75) is 19.4 Å². The Labute approximate surface area is 207 Å². The summed E-state index contributed by atoms with van der Waals surface area (Å²) in [6, 6.07) is 10.6. The van der Waals surface area contributed by atoms with Crippen LogP contribution in [-0.2, 0) is 12.6 Å². The highest BCUT2D eigenvalue weighted by atomic mass is 16.5. The number of hydrogen-bond donors (Lipinski definition) is 4. The Balaban J connectivity index is 1.72. The van der Waals surface area contributed by atoms with Gasteiger partial charge in [0.05, 0.1) is 29.7 Å². The van der Waals surface area contributed by atoms with Crippen molar-refractivity contribution in [3.05, 3.63) is 60.2 Å². The molecule has 4 N–H and O–H groups in total. The molecule has 0 unspecified atom stereocenters. The van der Waals surface area contributed by atoms with E-state index in [0.717, 1.165) is 0 Å². The largest absolute Gasteiger partial charge is 0.494 e. The molecule has 12 heteroatoms. The number of carbonyl (C=O) groups excluding carboxylic acids is 1. The molecule has 0 aliphatic carbocycles. The first kappa shape index (κ1) is 24.5. The molecular weight excluding hydrogens is 462 g/mol. The summed E-state index contributed by atoms with van der Waals surface area (Å²) in [6.45, 7) is 3.35. The number of methoxy groups -OCH3 is 1. The van der Waals surface area contributed by atoms with Gasteiger partial charge in [0.2, 0.25) is 0 Å². The van der Waals surface area contributed by atoms with E-state index in [9.17, 15) is 9.90 Å². The number of nitrogens with zero attached hydrogens (tertiary/aromatic N) is 6. The molecule has 1 amide bonds. The van der Waals surface area contributed by atoms with Crippen LogP contribution in [0.25, 0.3) is 11.4 Å². The fraction of sp³-hybridized carbons (Fsp3) is 0.250. The quantitative estimate of drug-likeness (QED) is 0.291. The highest BCUT2D eigenvalue weighted by Crippen LogP contribution is 2.37. The maximum atomic E-state index is 12.5. The van der Waals surface area contributed by atoms with Gasteiger partial charge in [-0.1, -0.05) is 6.07 Å². The second-order valence-electron chi connectivity index (χ2n) is 8.38. The zero-order chi connectivity index (χ0) is 25.9. The van der Waals surface area contributed by atoms with Crippen molar-refractivity contribution >= 4 is 28.9 Å². The van der Waals surface area contributed by atoms with E-state index in [1.54, 1.807) is 69.3 Å². The van der Waals surface area contributed by atoms with Crippen molar-refractivity contribution in [2.24, 2.45) is 7.05 Å². The molecular formula is C24H27N9O3. The average molecular weight is 490 g/mol. The van der Waals surface area contributed by atoms with E-state index in [0.29, 0.717) is 45.8 Å². The summed E-state index contributed by atoms with van der Waals surface area (Å²) in [5.74, 6) is 1.38. The third kappa shape index (κ3) is 5.08. The lowest BCUT2D eigenvalue weighted by atomic mass is 10.1. The molecule has 0 aliphatic rings. The minimum absolute atomic E-state index is 0.0877. The smallest absolute Gasteiger partial charge is 0.273 e. The summed E-state index contributed by atoms with van der Waals surface area (Å²) < 4.78 is 7.25. The molecule has 186 valence electrons. The number of benzene rings is 1. The molecule has 4 rings (SSSR count). The van der Waals surface area contributed by atoms with E-state index in [1.807, 2.05) is 12.1 Å². The summed E-state index contributed by atoms with van der Waals surface area (Å²) in [7, 11) is 4.80. The molecule has 0 aliphatic heterocycles. The SMILES string of the molecule is CNC(=O)c1nnc(Nc2cc(C(C)(C)O)n(C)n2)cc1Nc1cccc(-c2ncccn2)c1OC. The van der Waals surface area contributed by atoms with Crippen LogP contribution in [-0.4, -0.2) is 55.1 Å². The van der Waals surface area contributed by atoms with Crippen LogP contribution in [0.2, 0.25) is 0 Å². The summed E-state index contributed by atoms with van der Waals surface area (Å²) in [5, 5.41) is 31.9. The van der Waals surface area contributed by atoms with E-state index >= 15 is 0 Å². The number of hydrogen-bond acceptors (Lipinski definition) is 10. The number of aliphatic hydroxyl groups is 1. The van der Waals surface area contributed by atoms with Crippen LogP contribution >= 0.6 is 0 Å². The molecule has 0 spiro atoms. The molecule has 0 fully saturated rings. The zero-order valence-electron chi connectivity index (χ0n) is 20.6. The van der Waals surface area contributed by atoms with Crippen LogP contribution in [0.3, 0.4) is 0 Å². The van der Waals surface area contributed by atoms with Crippen molar-refractivity contribution < 1.29 is 14.6 Å². The maximum absolute atomic E-state index is 12.5. The Morgan fingerprint density at radius 2 is 1.78 bits per heavy atom. The number of carbonyl (C=O) groups is 1. The number of aryl methyl sites for hydroxylation is 1. The average Bonchev–Trinajstić information content (AvgIpc) is 3.24. The lowest BCUT2D eigenvalue weighted by Crippen LogP contribution is -2.21. The van der Waals surface area contributed by atoms with Gasteiger partial charge in [0.15, 0.2) is 28.9 Å². The van der Waals surface area contributed by atoms with Gasteiger partial charge in [-0.3, -0.25) is 9.48 Å². The highest BCUT2D eigenvalue weighted by molar-refractivity contribution is 5.99. The molecule has 3 heterocycles. The topological polar surface area (TPSA) is 152 Å². The van der Waals surface area contributed by atoms with Gasteiger partial charge in [-0.05, 0) is 32.0 Å². The highest BCUT2D eigenvalue weighted by Gasteiger charge is 2.22. The maximum Gasteiger partial charge on any atom is 0.273 e. The molecule has 0 saturated heterocycles. The number of rotatable bonds is 8. The second kappa shape index (κ2) is 9.96. The van der Waals surface area contributed by atoms with E-state index < -0.39 is 11.5 Å². The number of aromatic nitrogens is 6. The van der Waals surface area contributed by atoms with Gasteiger partial charge in [-0.25, -0.2) is 9.97 Å². The Kier molecular flexibility index (Phi) is 6.79. The lowest BCUT2D eigenvalue weighted by molar-refractivity contribution is 0.0695. The van der Waals surface area contributed by atoms with Gasteiger partial charge in [-0.2, -0.15) is 5.10 Å². The summed E-state index contributed by atoms with van der Waals surface area (Å²) >= 11 is 0. The van der Waals surface area contributed by atoms with E-state index in [-0.39, 0.29) is 5.69 Å². The first-order chi connectivity index (χ1) is 17.2. The number of anilines is 4. The number of ether oxygens (including phenoxy) is 1. The molecule has 12 nitrogen and oxygen atoms in total. The van der Waals surface area contributed by atoms with Crippen molar-refractivity contribution in [2.75, 3.05) is 24.8 Å². The Morgan fingerprint density at radius 3 is 2.42 bits per heavy atom.